The van der Waals surface area contributed by atoms with Gasteiger partial charge in [-0.05, 0) is 6.92 Å². The molecular weight excluding hydrogens is 262 g/mol. The number of halogens is 3. The maximum Gasteiger partial charge on any atom is 0.344 e. The van der Waals surface area contributed by atoms with Crippen molar-refractivity contribution in [3.8, 4) is 5.88 Å². The molecule has 1 aromatic heterocycles. The first kappa shape index (κ1) is 12.8. The Hall–Kier alpha value is -1.27. The van der Waals surface area contributed by atoms with Crippen LogP contribution in [0.5, 0.6) is 5.88 Å². The van der Waals surface area contributed by atoms with Gasteiger partial charge in [-0.2, -0.15) is 9.37 Å². The van der Waals surface area contributed by atoms with Crippen LogP contribution in [0.2, 0.25) is 10.0 Å². The smallest absolute Gasteiger partial charge is 0.344 e. The number of rotatable bonds is 3. The summed E-state index contributed by atoms with van der Waals surface area (Å²) in [5.41, 5.74) is 5.12. The second-order valence-corrected chi connectivity index (χ2v) is 3.60. The average Bonchev–Trinajstić information content (AvgIpc) is 2.22. The molecule has 5 nitrogen and oxygen atoms in total. The van der Waals surface area contributed by atoms with Crippen molar-refractivity contribution in [1.82, 2.24) is 4.98 Å². The van der Waals surface area contributed by atoms with Crippen LogP contribution in [-0.2, 0) is 4.79 Å². The Kier molecular flexibility index (Phi) is 3.77. The number of hydrogen-bond donors (Lipinski definition) is 2. The van der Waals surface area contributed by atoms with Gasteiger partial charge in [-0.1, -0.05) is 23.2 Å². The van der Waals surface area contributed by atoms with E-state index in [0.717, 1.165) is 0 Å². The molecule has 0 bridgehead atoms. The summed E-state index contributed by atoms with van der Waals surface area (Å²) in [6.45, 7) is 1.24. The van der Waals surface area contributed by atoms with Crippen molar-refractivity contribution in [2.75, 3.05) is 5.73 Å². The molecule has 0 aliphatic heterocycles. The van der Waals surface area contributed by atoms with Crippen LogP contribution in [0, 0.1) is 5.95 Å². The largest absolute Gasteiger partial charge is 0.479 e. The summed E-state index contributed by atoms with van der Waals surface area (Å²) in [7, 11) is 0. The summed E-state index contributed by atoms with van der Waals surface area (Å²) >= 11 is 11.1. The van der Waals surface area contributed by atoms with E-state index in [4.69, 9.17) is 38.8 Å². The van der Waals surface area contributed by atoms with Crippen molar-refractivity contribution < 1.29 is 19.0 Å². The van der Waals surface area contributed by atoms with Gasteiger partial charge in [-0.3, -0.25) is 0 Å². The Morgan fingerprint density at radius 3 is 2.62 bits per heavy atom. The fourth-order valence-corrected chi connectivity index (χ4v) is 1.17. The lowest BCUT2D eigenvalue weighted by atomic mass is 10.4. The predicted octanol–water partition coefficient (Wildman–Crippen LogP) is 1.96. The van der Waals surface area contributed by atoms with Gasteiger partial charge in [-0.15, -0.1) is 0 Å². The molecule has 0 radical (unpaired) electrons. The molecule has 1 rings (SSSR count). The third kappa shape index (κ3) is 2.45. The molecule has 0 unspecified atom stereocenters. The maximum atomic E-state index is 13.1. The molecule has 0 saturated heterocycles. The second-order valence-electron chi connectivity index (χ2n) is 2.85. The fraction of sp³-hybridized carbons (Fsp3) is 0.250. The Labute approximate surface area is 99.9 Å². The summed E-state index contributed by atoms with van der Waals surface area (Å²) in [5.74, 6) is -2.72. The standard InChI is InChI=1S/C8H7Cl2FN2O3/c1-2(8(14)15)16-7-4(10)5(12)3(9)6(11)13-7/h2H,1H3,(H2,12,13)(H,14,15)/t2-/m1/s1. The van der Waals surface area contributed by atoms with Gasteiger partial charge < -0.3 is 15.6 Å². The zero-order valence-electron chi connectivity index (χ0n) is 8.00. The molecule has 88 valence electrons. The molecule has 0 aromatic carbocycles. The van der Waals surface area contributed by atoms with Crippen molar-refractivity contribution >= 4 is 34.9 Å². The van der Waals surface area contributed by atoms with Crippen molar-refractivity contribution in [2.45, 2.75) is 13.0 Å². The van der Waals surface area contributed by atoms with E-state index in [-0.39, 0.29) is 10.7 Å². The third-order valence-electron chi connectivity index (χ3n) is 1.68. The van der Waals surface area contributed by atoms with Crippen LogP contribution < -0.4 is 10.5 Å². The summed E-state index contributed by atoms with van der Waals surface area (Å²) in [4.78, 5) is 13.8. The summed E-state index contributed by atoms with van der Waals surface area (Å²) in [6.07, 6.45) is -1.23. The molecule has 1 atom stereocenters. The minimum Gasteiger partial charge on any atom is -0.479 e. The lowest BCUT2D eigenvalue weighted by Crippen LogP contribution is -2.23. The first-order chi connectivity index (χ1) is 7.34. The molecule has 8 heteroatoms. The van der Waals surface area contributed by atoms with E-state index in [1.54, 1.807) is 0 Å². The normalized spacial score (nSPS) is 12.2. The number of nitrogens with two attached hydrogens (primary N) is 1. The summed E-state index contributed by atoms with van der Waals surface area (Å²) in [5, 5.41) is 7.93. The number of pyridine rings is 1. The lowest BCUT2D eigenvalue weighted by Gasteiger charge is -2.12. The molecule has 0 fully saturated rings. The van der Waals surface area contributed by atoms with E-state index in [1.165, 1.54) is 6.92 Å². The van der Waals surface area contributed by atoms with Crippen LogP contribution in [0.1, 0.15) is 6.92 Å². The number of nitrogens with zero attached hydrogens (tertiary/aromatic N) is 1. The van der Waals surface area contributed by atoms with E-state index < -0.39 is 28.9 Å². The maximum absolute atomic E-state index is 13.1. The number of hydrogen-bond acceptors (Lipinski definition) is 4. The van der Waals surface area contributed by atoms with E-state index >= 15 is 0 Å². The molecule has 0 aliphatic carbocycles. The highest BCUT2D eigenvalue weighted by atomic mass is 35.5. The highest BCUT2D eigenvalue weighted by Gasteiger charge is 2.20. The predicted molar refractivity (Wildman–Crippen MR) is 56.4 cm³/mol. The molecule has 1 aromatic rings. The van der Waals surface area contributed by atoms with Gasteiger partial charge in [0.05, 0.1) is 5.69 Å². The first-order valence-corrected chi connectivity index (χ1v) is 4.79. The van der Waals surface area contributed by atoms with E-state index in [1.807, 2.05) is 0 Å². The second kappa shape index (κ2) is 4.71. The Morgan fingerprint density at radius 1 is 1.56 bits per heavy atom. The molecule has 3 N–H and O–H groups in total. The van der Waals surface area contributed by atoms with Crippen molar-refractivity contribution in [3.63, 3.8) is 0 Å². The van der Waals surface area contributed by atoms with Crippen LogP contribution in [0.4, 0.5) is 10.1 Å². The number of nitrogen functional groups attached to an aromatic ring is 1. The molecule has 0 aliphatic rings. The van der Waals surface area contributed by atoms with Gasteiger partial charge in [0.2, 0.25) is 11.8 Å². The Balaban J connectivity index is 3.11. The number of carboxylic acid groups (broad SMARTS) is 1. The molecule has 0 saturated carbocycles. The number of carboxylic acids is 1. The third-order valence-corrected chi connectivity index (χ3v) is 2.40. The van der Waals surface area contributed by atoms with Crippen molar-refractivity contribution in [2.24, 2.45) is 0 Å². The van der Waals surface area contributed by atoms with Crippen LogP contribution in [-0.4, -0.2) is 22.2 Å². The molecule has 16 heavy (non-hydrogen) atoms. The van der Waals surface area contributed by atoms with Crippen LogP contribution in [0.3, 0.4) is 0 Å². The van der Waals surface area contributed by atoms with Gasteiger partial charge in [0, 0.05) is 0 Å². The average molecular weight is 269 g/mol. The van der Waals surface area contributed by atoms with Gasteiger partial charge in [0.25, 0.3) is 0 Å². The number of aromatic nitrogens is 1. The number of ether oxygens (including phenoxy) is 1. The number of anilines is 1. The summed E-state index contributed by atoms with van der Waals surface area (Å²) in [6, 6.07) is 0. The minimum atomic E-state index is -1.24. The first-order valence-electron chi connectivity index (χ1n) is 4.04. The highest BCUT2D eigenvalue weighted by molar-refractivity contribution is 6.39. The van der Waals surface area contributed by atoms with E-state index in [0.29, 0.717) is 0 Å². The van der Waals surface area contributed by atoms with Crippen LogP contribution in [0.15, 0.2) is 0 Å². The monoisotopic (exact) mass is 268 g/mol. The van der Waals surface area contributed by atoms with Crippen molar-refractivity contribution in [1.29, 1.82) is 0 Å². The number of carbonyl (C=O) groups is 1. The SMILES string of the molecule is C[C@@H](Oc1nc(F)c(Cl)c(N)c1Cl)C(=O)O. The Morgan fingerprint density at radius 2 is 2.12 bits per heavy atom. The molecular formula is C8H7Cl2FN2O3. The molecule has 1 heterocycles. The zero-order valence-corrected chi connectivity index (χ0v) is 9.51. The van der Waals surface area contributed by atoms with Gasteiger partial charge in [-0.25, -0.2) is 4.79 Å². The van der Waals surface area contributed by atoms with Gasteiger partial charge in [0.1, 0.15) is 10.0 Å². The molecule has 0 spiro atoms. The minimum absolute atomic E-state index is 0.223. The quantitative estimate of drug-likeness (QED) is 0.819. The van der Waals surface area contributed by atoms with E-state index in [9.17, 15) is 9.18 Å². The van der Waals surface area contributed by atoms with E-state index in [2.05, 4.69) is 4.98 Å². The van der Waals surface area contributed by atoms with Gasteiger partial charge in [0.15, 0.2) is 6.10 Å². The number of aliphatic carboxylic acids is 1. The van der Waals surface area contributed by atoms with Crippen LogP contribution >= 0.6 is 23.2 Å². The summed E-state index contributed by atoms with van der Waals surface area (Å²) < 4.78 is 17.9. The zero-order chi connectivity index (χ0) is 12.5. The molecule has 0 amide bonds. The van der Waals surface area contributed by atoms with Crippen LogP contribution in [0.25, 0.3) is 0 Å². The van der Waals surface area contributed by atoms with Gasteiger partial charge >= 0.3 is 5.97 Å². The lowest BCUT2D eigenvalue weighted by molar-refractivity contribution is -0.144. The Bertz CT molecular complexity index is 442. The van der Waals surface area contributed by atoms with Crippen molar-refractivity contribution in [3.05, 3.63) is 16.0 Å². The topological polar surface area (TPSA) is 85.4 Å². The fourth-order valence-electron chi connectivity index (χ4n) is 0.806. The highest BCUT2D eigenvalue weighted by Crippen LogP contribution is 2.35.